The maximum Gasteiger partial charge on any atom is 0.256 e. The molecule has 0 radical (unpaired) electrons. The molecule has 2 aromatic rings. The molecular weight excluding hydrogens is 271 g/mol. The van der Waals surface area contributed by atoms with E-state index in [1.54, 1.807) is 7.05 Å². The van der Waals surface area contributed by atoms with Crippen LogP contribution in [-0.4, -0.2) is 36.0 Å². The molecule has 0 atom stereocenters. The minimum atomic E-state index is -0.617. The van der Waals surface area contributed by atoms with Gasteiger partial charge in [-0.3, -0.25) is 9.78 Å². The molecule has 1 aromatic carbocycles. The summed E-state index contributed by atoms with van der Waals surface area (Å²) in [7, 11) is 1.61. The summed E-state index contributed by atoms with van der Waals surface area (Å²) in [6.45, 7) is 2.70. The Bertz CT molecular complexity index is 631. The van der Waals surface area contributed by atoms with Crippen molar-refractivity contribution in [3.8, 4) is 5.75 Å². The topological polar surface area (TPSA) is 42.4 Å². The van der Waals surface area contributed by atoms with Crippen LogP contribution in [0.2, 0.25) is 0 Å². The van der Waals surface area contributed by atoms with Gasteiger partial charge >= 0.3 is 0 Å². The molecule has 0 aliphatic carbocycles. The number of ether oxygens (including phenoxy) is 1. The summed E-state index contributed by atoms with van der Waals surface area (Å²) in [6.07, 6.45) is 2.43. The van der Waals surface area contributed by atoms with Gasteiger partial charge in [-0.1, -0.05) is 12.1 Å². The van der Waals surface area contributed by atoms with Crippen LogP contribution in [0.25, 0.3) is 0 Å². The first-order chi connectivity index (χ1) is 10.1. The van der Waals surface area contributed by atoms with Gasteiger partial charge in [0.05, 0.1) is 18.3 Å². The fraction of sp³-hybridized carbons (Fsp3) is 0.250. The van der Waals surface area contributed by atoms with E-state index in [2.05, 4.69) is 4.98 Å². The number of pyridine rings is 1. The summed E-state index contributed by atoms with van der Waals surface area (Å²) in [5, 5.41) is 0. The van der Waals surface area contributed by atoms with Crippen molar-refractivity contribution in [2.75, 3.05) is 20.2 Å². The number of nitrogens with zero attached hydrogens (tertiary/aromatic N) is 2. The smallest absolute Gasteiger partial charge is 0.256 e. The summed E-state index contributed by atoms with van der Waals surface area (Å²) in [5.74, 6) is -0.248. The van der Waals surface area contributed by atoms with Crippen LogP contribution in [0, 0.1) is 12.7 Å². The van der Waals surface area contributed by atoms with Gasteiger partial charge in [0.15, 0.2) is 5.82 Å². The molecule has 0 spiro atoms. The van der Waals surface area contributed by atoms with E-state index >= 15 is 0 Å². The van der Waals surface area contributed by atoms with Crippen LogP contribution in [0.4, 0.5) is 4.39 Å². The number of likely N-dealkylation sites (N-methyl/N-ethyl adjacent to an activating group) is 1. The molecule has 1 aromatic heterocycles. The van der Waals surface area contributed by atoms with Crippen LogP contribution in [0.1, 0.15) is 15.9 Å². The van der Waals surface area contributed by atoms with Gasteiger partial charge in [0, 0.05) is 13.2 Å². The third-order valence-corrected chi connectivity index (χ3v) is 3.03. The normalized spacial score (nSPS) is 10.2. The Kier molecular flexibility index (Phi) is 4.87. The zero-order valence-corrected chi connectivity index (χ0v) is 12.0. The molecule has 0 saturated heterocycles. The van der Waals surface area contributed by atoms with Gasteiger partial charge < -0.3 is 9.64 Å². The van der Waals surface area contributed by atoms with Gasteiger partial charge in [0.2, 0.25) is 0 Å². The fourth-order valence-electron chi connectivity index (χ4n) is 1.86. The third-order valence-electron chi connectivity index (χ3n) is 3.03. The molecule has 2 rings (SSSR count). The Hall–Kier alpha value is -2.43. The van der Waals surface area contributed by atoms with Crippen molar-refractivity contribution in [1.29, 1.82) is 0 Å². The van der Waals surface area contributed by atoms with Crippen LogP contribution >= 0.6 is 0 Å². The van der Waals surface area contributed by atoms with Gasteiger partial charge in [-0.25, -0.2) is 4.39 Å². The second kappa shape index (κ2) is 6.83. The largest absolute Gasteiger partial charge is 0.492 e. The molecule has 0 aliphatic heterocycles. The predicted molar refractivity (Wildman–Crippen MR) is 77.8 cm³/mol. The van der Waals surface area contributed by atoms with E-state index in [1.165, 1.54) is 17.2 Å². The van der Waals surface area contributed by atoms with Gasteiger partial charge in [-0.15, -0.1) is 0 Å². The number of rotatable bonds is 5. The molecule has 21 heavy (non-hydrogen) atoms. The molecule has 1 amide bonds. The van der Waals surface area contributed by atoms with E-state index < -0.39 is 5.82 Å². The van der Waals surface area contributed by atoms with Gasteiger partial charge in [0.25, 0.3) is 5.91 Å². The van der Waals surface area contributed by atoms with Gasteiger partial charge in [-0.05, 0) is 30.7 Å². The van der Waals surface area contributed by atoms with Crippen LogP contribution in [0.3, 0.4) is 0 Å². The number of halogens is 1. The maximum absolute atomic E-state index is 13.5. The molecular formula is C16H17FN2O2. The van der Waals surface area contributed by atoms with E-state index in [9.17, 15) is 9.18 Å². The number of hydrogen-bond donors (Lipinski definition) is 0. The van der Waals surface area contributed by atoms with Crippen LogP contribution in [0.5, 0.6) is 5.75 Å². The van der Waals surface area contributed by atoms with E-state index in [0.29, 0.717) is 13.2 Å². The standard InChI is InChI=1S/C16H17FN2O2/c1-12-4-3-5-13(10-12)21-9-8-19(2)16(20)14-6-7-18-11-15(14)17/h3-7,10-11H,8-9H2,1-2H3. The molecule has 5 heteroatoms. The first-order valence-electron chi connectivity index (χ1n) is 6.62. The van der Waals surface area contributed by atoms with Crippen molar-refractivity contribution in [2.45, 2.75) is 6.92 Å². The molecule has 0 saturated carbocycles. The summed E-state index contributed by atoms with van der Waals surface area (Å²) in [5.41, 5.74) is 1.12. The molecule has 1 heterocycles. The van der Waals surface area contributed by atoms with Crippen molar-refractivity contribution >= 4 is 5.91 Å². The lowest BCUT2D eigenvalue weighted by molar-refractivity contribution is 0.0769. The van der Waals surface area contributed by atoms with Crippen molar-refractivity contribution in [3.63, 3.8) is 0 Å². The second-order valence-electron chi connectivity index (χ2n) is 4.75. The van der Waals surface area contributed by atoms with Crippen LogP contribution in [-0.2, 0) is 0 Å². The van der Waals surface area contributed by atoms with Crippen molar-refractivity contribution < 1.29 is 13.9 Å². The summed E-state index contributed by atoms with van der Waals surface area (Å²) >= 11 is 0. The molecule has 0 unspecified atom stereocenters. The zero-order valence-electron chi connectivity index (χ0n) is 12.0. The summed E-state index contributed by atoms with van der Waals surface area (Å²) in [6, 6.07) is 9.04. The van der Waals surface area contributed by atoms with Gasteiger partial charge in [-0.2, -0.15) is 0 Å². The summed E-state index contributed by atoms with van der Waals surface area (Å²) < 4.78 is 19.1. The number of hydrogen-bond acceptors (Lipinski definition) is 3. The van der Waals surface area contributed by atoms with Crippen molar-refractivity contribution in [2.24, 2.45) is 0 Å². The highest BCUT2D eigenvalue weighted by Crippen LogP contribution is 2.12. The zero-order chi connectivity index (χ0) is 15.2. The van der Waals surface area contributed by atoms with Crippen LogP contribution in [0.15, 0.2) is 42.7 Å². The Morgan fingerprint density at radius 3 is 2.90 bits per heavy atom. The number of aromatic nitrogens is 1. The Labute approximate surface area is 123 Å². The first-order valence-corrected chi connectivity index (χ1v) is 6.62. The van der Waals surface area contributed by atoms with E-state index in [-0.39, 0.29) is 11.5 Å². The number of carbonyl (C=O) groups is 1. The number of amides is 1. The van der Waals surface area contributed by atoms with Crippen molar-refractivity contribution in [1.82, 2.24) is 9.88 Å². The van der Waals surface area contributed by atoms with E-state index in [0.717, 1.165) is 17.5 Å². The second-order valence-corrected chi connectivity index (χ2v) is 4.75. The van der Waals surface area contributed by atoms with Crippen LogP contribution < -0.4 is 4.74 Å². The fourth-order valence-corrected chi connectivity index (χ4v) is 1.86. The minimum Gasteiger partial charge on any atom is -0.492 e. The average Bonchev–Trinajstić information content (AvgIpc) is 2.47. The lowest BCUT2D eigenvalue weighted by Gasteiger charge is -2.17. The lowest BCUT2D eigenvalue weighted by atomic mass is 10.2. The lowest BCUT2D eigenvalue weighted by Crippen LogP contribution is -2.31. The molecule has 0 fully saturated rings. The first kappa shape index (κ1) is 15.0. The van der Waals surface area contributed by atoms with Gasteiger partial charge in [0.1, 0.15) is 12.4 Å². The molecule has 0 aliphatic rings. The maximum atomic E-state index is 13.5. The Morgan fingerprint density at radius 1 is 1.38 bits per heavy atom. The monoisotopic (exact) mass is 288 g/mol. The third kappa shape index (κ3) is 4.02. The average molecular weight is 288 g/mol. The quantitative estimate of drug-likeness (QED) is 0.849. The highest BCUT2D eigenvalue weighted by molar-refractivity contribution is 5.94. The van der Waals surface area contributed by atoms with E-state index in [1.807, 2.05) is 31.2 Å². The number of carbonyl (C=O) groups excluding carboxylic acids is 1. The Balaban J connectivity index is 1.89. The molecule has 0 bridgehead atoms. The predicted octanol–water partition coefficient (Wildman–Crippen LogP) is 2.68. The van der Waals surface area contributed by atoms with E-state index in [4.69, 9.17) is 4.74 Å². The van der Waals surface area contributed by atoms with Crippen molar-refractivity contribution in [3.05, 3.63) is 59.7 Å². The molecule has 110 valence electrons. The Morgan fingerprint density at radius 2 is 2.19 bits per heavy atom. The minimum absolute atomic E-state index is 0.0167. The number of aryl methyl sites for hydroxylation is 1. The molecule has 4 nitrogen and oxygen atoms in total. The summed E-state index contributed by atoms with van der Waals surface area (Å²) in [4.78, 5) is 17.1. The SMILES string of the molecule is Cc1cccc(OCCN(C)C(=O)c2ccncc2F)c1. The number of benzene rings is 1. The highest BCUT2D eigenvalue weighted by Gasteiger charge is 2.15. The highest BCUT2D eigenvalue weighted by atomic mass is 19.1. The molecule has 0 N–H and O–H groups in total.